The number of anilines is 1. The smallest absolute Gasteiger partial charge is 0.302 e. The van der Waals surface area contributed by atoms with Crippen molar-refractivity contribution in [1.82, 2.24) is 5.32 Å². The average Bonchev–Trinajstić information content (AvgIpc) is 2.38. The zero-order valence-electron chi connectivity index (χ0n) is 10.8. The van der Waals surface area contributed by atoms with Gasteiger partial charge in [-0.15, -0.1) is 0 Å². The lowest BCUT2D eigenvalue weighted by molar-refractivity contribution is -0.142. The second kappa shape index (κ2) is 7.15. The number of hydrogen-bond donors (Lipinski definition) is 2. The van der Waals surface area contributed by atoms with Crippen LogP contribution in [0.3, 0.4) is 0 Å². The lowest BCUT2D eigenvalue weighted by Crippen LogP contribution is -2.37. The first-order valence-corrected chi connectivity index (χ1v) is 5.76. The van der Waals surface area contributed by atoms with Crippen LogP contribution in [0.25, 0.3) is 0 Å². The van der Waals surface area contributed by atoms with Gasteiger partial charge in [0.2, 0.25) is 12.3 Å². The van der Waals surface area contributed by atoms with E-state index in [4.69, 9.17) is 4.74 Å². The number of nitrogens with one attached hydrogen (secondary N) is 2. The molecule has 1 rings (SSSR count). The normalized spacial score (nSPS) is 11.3. The fourth-order valence-corrected chi connectivity index (χ4v) is 1.30. The van der Waals surface area contributed by atoms with Crippen molar-refractivity contribution in [3.63, 3.8) is 0 Å². The summed E-state index contributed by atoms with van der Waals surface area (Å²) in [6.45, 7) is 3.13. The van der Waals surface area contributed by atoms with Gasteiger partial charge >= 0.3 is 5.97 Å². The Morgan fingerprint density at radius 3 is 2.47 bits per heavy atom. The van der Waals surface area contributed by atoms with Crippen LogP contribution in [-0.4, -0.2) is 24.3 Å². The van der Waals surface area contributed by atoms with E-state index in [-0.39, 0.29) is 18.5 Å². The highest BCUT2D eigenvalue weighted by Crippen LogP contribution is 2.10. The highest BCUT2D eigenvalue weighted by atomic mass is 16.5. The fraction of sp³-hybridized carbons (Fsp3) is 0.308. The SMILES string of the molecule is CC(=O)OCc1ccc(NC(=O)[C@H](C)NC=O)cc1. The molecule has 0 heterocycles. The molecule has 0 aliphatic rings. The Balaban J connectivity index is 2.54. The van der Waals surface area contributed by atoms with Gasteiger partial charge in [0.25, 0.3) is 0 Å². The molecule has 1 aromatic rings. The number of ether oxygens (including phenoxy) is 1. The lowest BCUT2D eigenvalue weighted by atomic mass is 10.2. The standard InChI is InChI=1S/C13H16N2O4/c1-9(14-8-16)13(18)15-12-5-3-11(4-6-12)7-19-10(2)17/h3-6,8-9H,7H2,1-2H3,(H,14,16)(H,15,18)/t9-/m0/s1. The van der Waals surface area contributed by atoms with E-state index in [9.17, 15) is 14.4 Å². The third kappa shape index (κ3) is 5.20. The van der Waals surface area contributed by atoms with Gasteiger partial charge in [0.1, 0.15) is 12.6 Å². The Kier molecular flexibility index (Phi) is 5.53. The minimum atomic E-state index is -0.599. The maximum Gasteiger partial charge on any atom is 0.302 e. The topological polar surface area (TPSA) is 84.5 Å². The molecule has 0 fully saturated rings. The molecule has 19 heavy (non-hydrogen) atoms. The van der Waals surface area contributed by atoms with Crippen LogP contribution >= 0.6 is 0 Å². The van der Waals surface area contributed by atoms with Gasteiger partial charge in [0.15, 0.2) is 0 Å². The molecular formula is C13H16N2O4. The summed E-state index contributed by atoms with van der Waals surface area (Å²) in [6.07, 6.45) is 0.479. The second-order valence-electron chi connectivity index (χ2n) is 3.97. The van der Waals surface area contributed by atoms with Gasteiger partial charge in [0, 0.05) is 12.6 Å². The fourth-order valence-electron chi connectivity index (χ4n) is 1.30. The van der Waals surface area contributed by atoms with E-state index >= 15 is 0 Å². The number of benzene rings is 1. The first kappa shape index (κ1) is 14.7. The summed E-state index contributed by atoms with van der Waals surface area (Å²) in [6, 6.07) is 6.29. The minimum Gasteiger partial charge on any atom is -0.461 e. The van der Waals surface area contributed by atoms with Crippen molar-refractivity contribution in [2.24, 2.45) is 0 Å². The molecule has 2 amide bonds. The number of rotatable bonds is 6. The Labute approximate surface area is 111 Å². The zero-order chi connectivity index (χ0) is 14.3. The molecule has 6 nitrogen and oxygen atoms in total. The molecule has 102 valence electrons. The number of hydrogen-bond acceptors (Lipinski definition) is 4. The van der Waals surface area contributed by atoms with Crippen molar-refractivity contribution < 1.29 is 19.1 Å². The molecule has 0 saturated carbocycles. The van der Waals surface area contributed by atoms with E-state index in [1.807, 2.05) is 0 Å². The van der Waals surface area contributed by atoms with E-state index in [1.54, 1.807) is 31.2 Å². The summed E-state index contributed by atoms with van der Waals surface area (Å²) in [5, 5.41) is 5.01. The predicted octanol–water partition coefficient (Wildman–Crippen LogP) is 0.823. The van der Waals surface area contributed by atoms with E-state index in [2.05, 4.69) is 10.6 Å². The molecule has 0 spiro atoms. The third-order valence-electron chi connectivity index (χ3n) is 2.37. The summed E-state index contributed by atoms with van der Waals surface area (Å²) in [5.41, 5.74) is 1.43. The Morgan fingerprint density at radius 1 is 1.32 bits per heavy atom. The molecule has 0 saturated heterocycles. The van der Waals surface area contributed by atoms with Crippen molar-refractivity contribution in [2.75, 3.05) is 5.32 Å². The molecule has 6 heteroatoms. The minimum absolute atomic E-state index is 0.201. The number of amides is 2. The van der Waals surface area contributed by atoms with Crippen LogP contribution in [0.15, 0.2) is 24.3 Å². The van der Waals surface area contributed by atoms with Gasteiger partial charge in [-0.05, 0) is 24.6 Å². The highest BCUT2D eigenvalue weighted by Gasteiger charge is 2.11. The first-order chi connectivity index (χ1) is 9.02. The van der Waals surface area contributed by atoms with Crippen LogP contribution in [0.5, 0.6) is 0 Å². The predicted molar refractivity (Wildman–Crippen MR) is 69.2 cm³/mol. The summed E-state index contributed by atoms with van der Waals surface area (Å²) >= 11 is 0. The Hall–Kier alpha value is -2.37. The quantitative estimate of drug-likeness (QED) is 0.588. The molecule has 1 aromatic carbocycles. The van der Waals surface area contributed by atoms with Crippen LogP contribution in [0.1, 0.15) is 19.4 Å². The molecule has 0 unspecified atom stereocenters. The van der Waals surface area contributed by atoms with Gasteiger partial charge in [-0.2, -0.15) is 0 Å². The van der Waals surface area contributed by atoms with Crippen molar-refractivity contribution in [2.45, 2.75) is 26.5 Å². The zero-order valence-corrected chi connectivity index (χ0v) is 10.8. The molecule has 1 atom stereocenters. The Morgan fingerprint density at radius 2 is 1.95 bits per heavy atom. The number of carbonyl (C=O) groups excluding carboxylic acids is 3. The summed E-state index contributed by atoms with van der Waals surface area (Å²) in [4.78, 5) is 32.5. The average molecular weight is 264 g/mol. The molecule has 2 N–H and O–H groups in total. The maximum absolute atomic E-state index is 11.6. The van der Waals surface area contributed by atoms with Gasteiger partial charge < -0.3 is 15.4 Å². The highest BCUT2D eigenvalue weighted by molar-refractivity contribution is 5.95. The summed E-state index contributed by atoms with van der Waals surface area (Å²) in [5.74, 6) is -0.647. The van der Waals surface area contributed by atoms with Gasteiger partial charge in [0.05, 0.1) is 0 Å². The molecule has 0 bridgehead atoms. The largest absolute Gasteiger partial charge is 0.461 e. The van der Waals surface area contributed by atoms with E-state index < -0.39 is 6.04 Å². The van der Waals surface area contributed by atoms with Gasteiger partial charge in [-0.1, -0.05) is 12.1 Å². The van der Waals surface area contributed by atoms with Crippen molar-refractivity contribution in [3.8, 4) is 0 Å². The number of carbonyl (C=O) groups is 3. The van der Waals surface area contributed by atoms with Crippen LogP contribution < -0.4 is 10.6 Å². The van der Waals surface area contributed by atoms with E-state index in [0.29, 0.717) is 12.1 Å². The monoisotopic (exact) mass is 264 g/mol. The number of esters is 1. The maximum atomic E-state index is 11.6. The summed E-state index contributed by atoms with van der Waals surface area (Å²) < 4.78 is 4.84. The molecule has 0 aliphatic heterocycles. The van der Waals surface area contributed by atoms with Crippen molar-refractivity contribution in [1.29, 1.82) is 0 Å². The van der Waals surface area contributed by atoms with Crippen LogP contribution in [0, 0.1) is 0 Å². The third-order valence-corrected chi connectivity index (χ3v) is 2.37. The summed E-state index contributed by atoms with van der Waals surface area (Å²) in [7, 11) is 0. The van der Waals surface area contributed by atoms with E-state index in [1.165, 1.54) is 6.92 Å². The lowest BCUT2D eigenvalue weighted by Gasteiger charge is -2.11. The van der Waals surface area contributed by atoms with Crippen molar-refractivity contribution in [3.05, 3.63) is 29.8 Å². The van der Waals surface area contributed by atoms with Crippen LogP contribution in [0.2, 0.25) is 0 Å². The van der Waals surface area contributed by atoms with Crippen LogP contribution in [-0.2, 0) is 25.7 Å². The molecular weight excluding hydrogens is 248 g/mol. The van der Waals surface area contributed by atoms with Gasteiger partial charge in [-0.25, -0.2) is 0 Å². The Bertz CT molecular complexity index is 456. The molecule has 0 aliphatic carbocycles. The molecule has 0 radical (unpaired) electrons. The van der Waals surface area contributed by atoms with Gasteiger partial charge in [-0.3, -0.25) is 14.4 Å². The first-order valence-electron chi connectivity index (χ1n) is 5.76. The van der Waals surface area contributed by atoms with Crippen molar-refractivity contribution >= 4 is 24.0 Å². The molecule has 0 aromatic heterocycles. The van der Waals surface area contributed by atoms with E-state index in [0.717, 1.165) is 5.56 Å². The second-order valence-corrected chi connectivity index (χ2v) is 3.97. The van der Waals surface area contributed by atoms with Crippen LogP contribution in [0.4, 0.5) is 5.69 Å².